The molecule has 0 aromatic carbocycles. The number of aliphatic hydroxyl groups excluding tert-OH is 2. The number of unbranched alkanes of at least 4 members (excludes halogenated alkanes) is 2. The van der Waals surface area contributed by atoms with E-state index in [-0.39, 0.29) is 19.4 Å². The molecule has 5 nitrogen and oxygen atoms in total. The van der Waals surface area contributed by atoms with Gasteiger partial charge in [0.05, 0.1) is 25.4 Å². The lowest BCUT2D eigenvalue weighted by Gasteiger charge is -2.23. The van der Waals surface area contributed by atoms with Gasteiger partial charge in [-0.2, -0.15) is 0 Å². The Hall–Kier alpha value is -0.490. The summed E-state index contributed by atoms with van der Waals surface area (Å²) >= 11 is 0. The highest BCUT2D eigenvalue weighted by Crippen LogP contribution is 2.18. The van der Waals surface area contributed by atoms with E-state index >= 15 is 0 Å². The summed E-state index contributed by atoms with van der Waals surface area (Å²) < 4.78 is 5.41. The van der Waals surface area contributed by atoms with E-state index in [1.807, 2.05) is 0 Å². The van der Waals surface area contributed by atoms with Crippen LogP contribution in [0.2, 0.25) is 0 Å². The molecule has 0 saturated carbocycles. The number of aliphatic hydroxyl groups is 2. The Morgan fingerprint density at radius 2 is 2.13 bits per heavy atom. The van der Waals surface area contributed by atoms with Crippen LogP contribution in [0.5, 0.6) is 0 Å². The Labute approximate surface area is 89.4 Å². The minimum Gasteiger partial charge on any atom is -0.394 e. The maximum atomic E-state index is 10.1. The lowest BCUT2D eigenvalue weighted by Crippen LogP contribution is -2.51. The molecule has 0 bridgehead atoms. The van der Waals surface area contributed by atoms with Gasteiger partial charge in [-0.25, -0.2) is 0 Å². The standard InChI is InChI=1S/C10H19NO4/c12-5-3-1-2-4-9-11-10(6-13,7-14)8-15-9/h5,9,11,13-14H,1-4,6-8H2. The molecular formula is C10H19NO4. The van der Waals surface area contributed by atoms with Gasteiger partial charge < -0.3 is 19.7 Å². The van der Waals surface area contributed by atoms with E-state index in [1.54, 1.807) is 0 Å². The van der Waals surface area contributed by atoms with Crippen molar-refractivity contribution in [1.29, 1.82) is 0 Å². The first-order valence-electron chi connectivity index (χ1n) is 5.31. The fraction of sp³-hybridized carbons (Fsp3) is 0.900. The van der Waals surface area contributed by atoms with Crippen LogP contribution in [-0.2, 0) is 9.53 Å². The fourth-order valence-electron chi connectivity index (χ4n) is 1.63. The topological polar surface area (TPSA) is 78.8 Å². The maximum absolute atomic E-state index is 10.1. The summed E-state index contributed by atoms with van der Waals surface area (Å²) in [6, 6.07) is 0. The third-order valence-corrected chi connectivity index (χ3v) is 2.67. The van der Waals surface area contributed by atoms with Gasteiger partial charge in [-0.05, 0) is 19.3 Å². The molecule has 3 N–H and O–H groups in total. The van der Waals surface area contributed by atoms with Gasteiger partial charge in [-0.15, -0.1) is 0 Å². The first-order valence-corrected chi connectivity index (χ1v) is 5.31. The number of carbonyl (C=O) groups is 1. The van der Waals surface area contributed by atoms with E-state index in [4.69, 9.17) is 14.9 Å². The monoisotopic (exact) mass is 217 g/mol. The minimum absolute atomic E-state index is 0.115. The van der Waals surface area contributed by atoms with E-state index in [0.29, 0.717) is 13.0 Å². The van der Waals surface area contributed by atoms with Crippen molar-refractivity contribution in [2.24, 2.45) is 0 Å². The second-order valence-corrected chi connectivity index (χ2v) is 3.99. The van der Waals surface area contributed by atoms with Crippen LogP contribution in [0.4, 0.5) is 0 Å². The third-order valence-electron chi connectivity index (χ3n) is 2.67. The first-order chi connectivity index (χ1) is 7.26. The number of hydrogen-bond donors (Lipinski definition) is 3. The molecule has 15 heavy (non-hydrogen) atoms. The number of hydrogen-bond acceptors (Lipinski definition) is 5. The molecule has 0 spiro atoms. The summed E-state index contributed by atoms with van der Waals surface area (Å²) in [5.74, 6) is 0. The number of carbonyl (C=O) groups excluding carboxylic acids is 1. The molecule has 0 amide bonds. The van der Waals surface area contributed by atoms with Crippen molar-refractivity contribution in [3.63, 3.8) is 0 Å². The Morgan fingerprint density at radius 3 is 2.67 bits per heavy atom. The molecule has 1 rings (SSSR count). The molecule has 1 aliphatic rings. The van der Waals surface area contributed by atoms with Crippen molar-refractivity contribution in [3.8, 4) is 0 Å². The second kappa shape index (κ2) is 6.17. The molecule has 1 unspecified atom stereocenters. The summed E-state index contributed by atoms with van der Waals surface area (Å²) in [6.45, 7) is 0.0705. The molecule has 1 aliphatic heterocycles. The number of nitrogens with one attached hydrogen (secondary N) is 1. The van der Waals surface area contributed by atoms with Gasteiger partial charge in [0.1, 0.15) is 12.5 Å². The molecule has 5 heteroatoms. The summed E-state index contributed by atoms with van der Waals surface area (Å²) in [7, 11) is 0. The van der Waals surface area contributed by atoms with Gasteiger partial charge in [-0.1, -0.05) is 0 Å². The lowest BCUT2D eigenvalue weighted by atomic mass is 10.0. The van der Waals surface area contributed by atoms with Crippen LogP contribution in [-0.4, -0.2) is 48.1 Å². The summed E-state index contributed by atoms with van der Waals surface area (Å²) in [6.07, 6.45) is 3.94. The second-order valence-electron chi connectivity index (χ2n) is 3.99. The Balaban J connectivity index is 2.21. The number of ether oxygens (including phenoxy) is 1. The van der Waals surface area contributed by atoms with Crippen LogP contribution >= 0.6 is 0 Å². The molecule has 0 radical (unpaired) electrons. The van der Waals surface area contributed by atoms with Crippen LogP contribution in [0, 0.1) is 0 Å². The molecular weight excluding hydrogens is 198 g/mol. The lowest BCUT2D eigenvalue weighted by molar-refractivity contribution is -0.108. The van der Waals surface area contributed by atoms with Crippen LogP contribution in [0.3, 0.4) is 0 Å². The average Bonchev–Trinajstić information content (AvgIpc) is 2.69. The normalized spacial score (nSPS) is 24.3. The van der Waals surface area contributed by atoms with Gasteiger partial charge in [0.2, 0.25) is 0 Å². The predicted molar refractivity (Wildman–Crippen MR) is 54.3 cm³/mol. The highest BCUT2D eigenvalue weighted by atomic mass is 16.5. The highest BCUT2D eigenvalue weighted by Gasteiger charge is 2.38. The van der Waals surface area contributed by atoms with E-state index in [2.05, 4.69) is 5.32 Å². The van der Waals surface area contributed by atoms with Crippen LogP contribution in [0.25, 0.3) is 0 Å². The zero-order valence-corrected chi connectivity index (χ0v) is 8.82. The summed E-state index contributed by atoms with van der Waals surface area (Å²) in [5, 5.41) is 21.3. The molecule has 1 heterocycles. The molecule has 88 valence electrons. The van der Waals surface area contributed by atoms with E-state index in [9.17, 15) is 4.79 Å². The van der Waals surface area contributed by atoms with Crippen LogP contribution in [0.15, 0.2) is 0 Å². The van der Waals surface area contributed by atoms with Crippen molar-refractivity contribution >= 4 is 6.29 Å². The van der Waals surface area contributed by atoms with Crippen LogP contribution in [0.1, 0.15) is 25.7 Å². The molecule has 1 fully saturated rings. The smallest absolute Gasteiger partial charge is 0.119 e. The minimum atomic E-state index is -0.685. The Bertz CT molecular complexity index is 194. The van der Waals surface area contributed by atoms with Gasteiger partial charge >= 0.3 is 0 Å². The van der Waals surface area contributed by atoms with Gasteiger partial charge in [0, 0.05) is 6.42 Å². The van der Waals surface area contributed by atoms with Gasteiger partial charge in [0.15, 0.2) is 0 Å². The zero-order chi connectivity index (χ0) is 11.1. The third kappa shape index (κ3) is 3.53. The van der Waals surface area contributed by atoms with Gasteiger partial charge in [0.25, 0.3) is 0 Å². The number of aldehydes is 1. The van der Waals surface area contributed by atoms with Gasteiger partial charge in [-0.3, -0.25) is 5.32 Å². The molecule has 1 atom stereocenters. The Kier molecular flexibility index (Phi) is 5.17. The first kappa shape index (κ1) is 12.6. The van der Waals surface area contributed by atoms with E-state index in [1.165, 1.54) is 0 Å². The molecule has 0 aliphatic carbocycles. The largest absolute Gasteiger partial charge is 0.394 e. The average molecular weight is 217 g/mol. The fourth-order valence-corrected chi connectivity index (χ4v) is 1.63. The molecule has 0 aromatic rings. The summed E-state index contributed by atoms with van der Waals surface area (Å²) in [5.41, 5.74) is -0.685. The maximum Gasteiger partial charge on any atom is 0.119 e. The van der Waals surface area contributed by atoms with Crippen molar-refractivity contribution < 1.29 is 19.7 Å². The van der Waals surface area contributed by atoms with Crippen molar-refractivity contribution in [1.82, 2.24) is 5.32 Å². The van der Waals surface area contributed by atoms with Crippen LogP contribution < -0.4 is 5.32 Å². The van der Waals surface area contributed by atoms with E-state index < -0.39 is 5.54 Å². The van der Waals surface area contributed by atoms with Crippen molar-refractivity contribution in [2.45, 2.75) is 37.5 Å². The zero-order valence-electron chi connectivity index (χ0n) is 8.82. The number of rotatable bonds is 7. The predicted octanol–water partition coefficient (Wildman–Crippen LogP) is -0.585. The van der Waals surface area contributed by atoms with E-state index in [0.717, 1.165) is 25.5 Å². The molecule has 0 aromatic heterocycles. The highest BCUT2D eigenvalue weighted by molar-refractivity contribution is 5.48. The van der Waals surface area contributed by atoms with Crippen molar-refractivity contribution in [2.75, 3.05) is 19.8 Å². The quantitative estimate of drug-likeness (QED) is 0.392. The summed E-state index contributed by atoms with van der Waals surface area (Å²) in [4.78, 5) is 10.1. The Morgan fingerprint density at radius 1 is 1.40 bits per heavy atom. The van der Waals surface area contributed by atoms with Crippen molar-refractivity contribution in [3.05, 3.63) is 0 Å². The molecule has 1 saturated heterocycles. The SMILES string of the molecule is O=CCCCCC1NC(CO)(CO)CO1.